The van der Waals surface area contributed by atoms with Crippen molar-refractivity contribution in [3.63, 3.8) is 0 Å². The predicted molar refractivity (Wildman–Crippen MR) is 121 cm³/mol. The summed E-state index contributed by atoms with van der Waals surface area (Å²) in [6, 6.07) is 19.9. The zero-order chi connectivity index (χ0) is 22.2. The van der Waals surface area contributed by atoms with Gasteiger partial charge in [0.25, 0.3) is 0 Å². The fourth-order valence-corrected chi connectivity index (χ4v) is 3.00. The lowest BCUT2D eigenvalue weighted by Crippen LogP contribution is -2.32. The van der Waals surface area contributed by atoms with Crippen molar-refractivity contribution in [2.45, 2.75) is 0 Å². The molecule has 0 aromatic heterocycles. The van der Waals surface area contributed by atoms with Crippen LogP contribution >= 0.6 is 27.5 Å². The molecule has 0 aliphatic heterocycles. The highest BCUT2D eigenvalue weighted by atomic mass is 79.9. The second-order valence-electron chi connectivity index (χ2n) is 6.07. The fraction of sp³-hybridized carbons (Fsp3) is 0. The van der Waals surface area contributed by atoms with Crippen LogP contribution in [0.1, 0.15) is 15.9 Å². The van der Waals surface area contributed by atoms with E-state index in [1.165, 1.54) is 6.21 Å². The number of carbonyl (C=O) groups excluding carboxylic acids is 3. The molecule has 0 saturated carbocycles. The molecular weight excluding hydrogens is 486 g/mol. The van der Waals surface area contributed by atoms with Crippen LogP contribution in [0.5, 0.6) is 5.75 Å². The molecule has 0 spiro atoms. The number of ether oxygens (including phenoxy) is 1. The summed E-state index contributed by atoms with van der Waals surface area (Å²) in [5.41, 5.74) is 3.48. The van der Waals surface area contributed by atoms with E-state index < -0.39 is 17.8 Å². The first-order chi connectivity index (χ1) is 14.9. The predicted octanol–water partition coefficient (Wildman–Crippen LogP) is 4.41. The number of hydrazone groups is 1. The average molecular weight is 501 g/mol. The average Bonchev–Trinajstić information content (AvgIpc) is 2.76. The molecule has 0 radical (unpaired) electrons. The molecule has 156 valence electrons. The van der Waals surface area contributed by atoms with Gasteiger partial charge in [-0.05, 0) is 70.0 Å². The van der Waals surface area contributed by atoms with Gasteiger partial charge in [-0.25, -0.2) is 10.2 Å². The topological polar surface area (TPSA) is 96.9 Å². The minimum Gasteiger partial charge on any atom is -0.423 e. The summed E-state index contributed by atoms with van der Waals surface area (Å²) in [5, 5.41) is 6.45. The largest absolute Gasteiger partial charge is 0.423 e. The number of esters is 1. The Labute approximate surface area is 191 Å². The van der Waals surface area contributed by atoms with Gasteiger partial charge in [0.1, 0.15) is 5.75 Å². The summed E-state index contributed by atoms with van der Waals surface area (Å²) in [6.45, 7) is 0. The molecule has 7 nitrogen and oxygen atoms in total. The number of rotatable bonds is 5. The molecular formula is C22H15BrClN3O4. The summed E-state index contributed by atoms with van der Waals surface area (Å²) < 4.78 is 5.97. The molecule has 0 fully saturated rings. The first kappa shape index (κ1) is 22.2. The molecule has 0 saturated heterocycles. The summed E-state index contributed by atoms with van der Waals surface area (Å²) in [4.78, 5) is 35.9. The summed E-state index contributed by atoms with van der Waals surface area (Å²) >= 11 is 9.24. The van der Waals surface area contributed by atoms with Gasteiger partial charge in [-0.1, -0.05) is 35.9 Å². The molecule has 2 N–H and O–H groups in total. The van der Waals surface area contributed by atoms with Crippen LogP contribution in [0.3, 0.4) is 0 Å². The van der Waals surface area contributed by atoms with Crippen molar-refractivity contribution in [1.29, 1.82) is 0 Å². The maximum absolute atomic E-state index is 12.2. The second kappa shape index (κ2) is 10.5. The Balaban J connectivity index is 1.53. The lowest BCUT2D eigenvalue weighted by Gasteiger charge is -2.06. The fourth-order valence-electron chi connectivity index (χ4n) is 2.37. The van der Waals surface area contributed by atoms with Crippen molar-refractivity contribution in [3.05, 3.63) is 93.4 Å². The van der Waals surface area contributed by atoms with Crippen molar-refractivity contribution in [1.82, 2.24) is 5.43 Å². The number of amides is 2. The first-order valence-electron chi connectivity index (χ1n) is 8.90. The standard InChI is InChI=1S/C22H15BrClN3O4/c23-17-6-2-1-5-16(17)22(30)31-15-11-9-14(10-12-15)13-25-27-21(29)20(28)26-19-8-4-3-7-18(19)24/h1-13H,(H,26,28)(H,27,29). The van der Waals surface area contributed by atoms with E-state index >= 15 is 0 Å². The van der Waals surface area contributed by atoms with Gasteiger partial charge >= 0.3 is 17.8 Å². The Bertz CT molecular complexity index is 1150. The second-order valence-corrected chi connectivity index (χ2v) is 7.33. The lowest BCUT2D eigenvalue weighted by atomic mass is 10.2. The number of nitrogens with zero attached hydrogens (tertiary/aromatic N) is 1. The molecule has 3 aromatic carbocycles. The van der Waals surface area contributed by atoms with Crippen LogP contribution in [0, 0.1) is 0 Å². The molecule has 9 heteroatoms. The molecule has 3 rings (SSSR count). The minimum absolute atomic E-state index is 0.313. The molecule has 0 atom stereocenters. The van der Waals surface area contributed by atoms with Crippen LogP contribution in [0.2, 0.25) is 5.02 Å². The quantitative estimate of drug-likeness (QED) is 0.178. The summed E-state index contributed by atoms with van der Waals surface area (Å²) in [7, 11) is 0. The van der Waals surface area contributed by atoms with Gasteiger partial charge in [-0.3, -0.25) is 9.59 Å². The SMILES string of the molecule is O=C(NN=Cc1ccc(OC(=O)c2ccccc2Br)cc1)C(=O)Nc1ccccc1Cl. The van der Waals surface area contributed by atoms with Gasteiger partial charge in [0, 0.05) is 4.47 Å². The number of nitrogens with one attached hydrogen (secondary N) is 2. The molecule has 3 aromatic rings. The van der Waals surface area contributed by atoms with Crippen LogP contribution < -0.4 is 15.5 Å². The Kier molecular flexibility index (Phi) is 7.53. The molecule has 31 heavy (non-hydrogen) atoms. The zero-order valence-corrected chi connectivity index (χ0v) is 18.2. The van der Waals surface area contributed by atoms with Gasteiger partial charge in [-0.15, -0.1) is 0 Å². The van der Waals surface area contributed by atoms with Crippen molar-refractivity contribution < 1.29 is 19.1 Å². The third-order valence-corrected chi connectivity index (χ3v) is 4.91. The minimum atomic E-state index is -0.949. The van der Waals surface area contributed by atoms with Gasteiger partial charge in [0.05, 0.1) is 22.5 Å². The van der Waals surface area contributed by atoms with Crippen molar-refractivity contribution >= 4 is 57.2 Å². The molecule has 0 unspecified atom stereocenters. The number of hydrogen-bond donors (Lipinski definition) is 2. The normalized spacial score (nSPS) is 10.5. The van der Waals surface area contributed by atoms with Crippen molar-refractivity contribution in [3.8, 4) is 5.75 Å². The molecule has 0 heterocycles. The Morgan fingerprint density at radius 3 is 2.29 bits per heavy atom. The van der Waals surface area contributed by atoms with E-state index in [1.807, 2.05) is 0 Å². The monoisotopic (exact) mass is 499 g/mol. The first-order valence-corrected chi connectivity index (χ1v) is 10.1. The van der Waals surface area contributed by atoms with Crippen LogP contribution in [-0.4, -0.2) is 24.0 Å². The number of halogens is 2. The number of hydrogen-bond acceptors (Lipinski definition) is 5. The van der Waals surface area contributed by atoms with E-state index in [2.05, 4.69) is 31.8 Å². The number of para-hydroxylation sites is 1. The van der Waals surface area contributed by atoms with Gasteiger partial charge in [0.2, 0.25) is 0 Å². The van der Waals surface area contributed by atoms with E-state index in [0.717, 1.165) is 0 Å². The van der Waals surface area contributed by atoms with Crippen molar-refractivity contribution in [2.24, 2.45) is 5.10 Å². The van der Waals surface area contributed by atoms with E-state index in [1.54, 1.807) is 72.8 Å². The van der Waals surface area contributed by atoms with Crippen LogP contribution in [0.15, 0.2) is 82.4 Å². The highest BCUT2D eigenvalue weighted by Crippen LogP contribution is 2.20. The maximum atomic E-state index is 12.2. The molecule has 2 amide bonds. The Morgan fingerprint density at radius 2 is 1.58 bits per heavy atom. The molecule has 0 bridgehead atoms. The van der Waals surface area contributed by atoms with Gasteiger partial charge < -0.3 is 10.1 Å². The lowest BCUT2D eigenvalue weighted by molar-refractivity contribution is -0.136. The maximum Gasteiger partial charge on any atom is 0.344 e. The highest BCUT2D eigenvalue weighted by molar-refractivity contribution is 9.10. The third-order valence-electron chi connectivity index (χ3n) is 3.89. The van der Waals surface area contributed by atoms with Gasteiger partial charge in [-0.2, -0.15) is 5.10 Å². The zero-order valence-electron chi connectivity index (χ0n) is 15.8. The number of carbonyl (C=O) groups is 3. The summed E-state index contributed by atoms with van der Waals surface area (Å²) in [5.74, 6) is -2.00. The smallest absolute Gasteiger partial charge is 0.344 e. The molecule has 0 aliphatic rings. The van der Waals surface area contributed by atoms with E-state index in [9.17, 15) is 14.4 Å². The van der Waals surface area contributed by atoms with Gasteiger partial charge in [0.15, 0.2) is 0 Å². The van der Waals surface area contributed by atoms with Crippen LogP contribution in [-0.2, 0) is 9.59 Å². The third kappa shape index (κ3) is 6.24. The van der Waals surface area contributed by atoms with E-state index in [-0.39, 0.29) is 0 Å². The van der Waals surface area contributed by atoms with Crippen LogP contribution in [0.4, 0.5) is 5.69 Å². The van der Waals surface area contributed by atoms with Crippen molar-refractivity contribution in [2.75, 3.05) is 5.32 Å². The van der Waals surface area contributed by atoms with E-state index in [0.29, 0.717) is 32.1 Å². The number of anilines is 1. The van der Waals surface area contributed by atoms with Crippen LogP contribution in [0.25, 0.3) is 0 Å². The summed E-state index contributed by atoms with van der Waals surface area (Å²) in [6.07, 6.45) is 1.35. The molecule has 0 aliphatic carbocycles. The number of benzene rings is 3. The Morgan fingerprint density at radius 1 is 0.903 bits per heavy atom. The Hall–Kier alpha value is -3.49. The van der Waals surface area contributed by atoms with E-state index in [4.69, 9.17) is 16.3 Å². The highest BCUT2D eigenvalue weighted by Gasteiger charge is 2.14.